The zero-order valence-electron chi connectivity index (χ0n) is 9.13. The van der Waals surface area contributed by atoms with Gasteiger partial charge in [-0.05, 0) is 29.8 Å². The van der Waals surface area contributed by atoms with Crippen LogP contribution in [0, 0.1) is 0 Å². The molecule has 0 atom stereocenters. The standard InChI is InChI=1S/C12H12N4O/c13-11-6-9(3-5-15-11)7-16-12(17)10-2-1-4-14-8-10/h1-6,8H,7H2,(H2,13,15)(H,16,17). The van der Waals surface area contributed by atoms with E-state index < -0.39 is 0 Å². The van der Waals surface area contributed by atoms with Crippen LogP contribution in [0.2, 0.25) is 0 Å². The van der Waals surface area contributed by atoms with Gasteiger partial charge in [0.15, 0.2) is 0 Å². The lowest BCUT2D eigenvalue weighted by Crippen LogP contribution is -2.22. The Hall–Kier alpha value is -2.43. The number of nitrogens with one attached hydrogen (secondary N) is 1. The van der Waals surface area contributed by atoms with Gasteiger partial charge in [-0.15, -0.1) is 0 Å². The van der Waals surface area contributed by atoms with Crippen molar-refractivity contribution in [2.75, 3.05) is 5.73 Å². The van der Waals surface area contributed by atoms with Crippen LogP contribution in [0.4, 0.5) is 5.82 Å². The van der Waals surface area contributed by atoms with Crippen molar-refractivity contribution in [3.63, 3.8) is 0 Å². The van der Waals surface area contributed by atoms with Crippen molar-refractivity contribution >= 4 is 11.7 Å². The molecule has 0 unspecified atom stereocenters. The number of pyridine rings is 2. The van der Waals surface area contributed by atoms with E-state index in [9.17, 15) is 4.79 Å². The maximum absolute atomic E-state index is 11.7. The molecule has 0 aliphatic rings. The average molecular weight is 228 g/mol. The van der Waals surface area contributed by atoms with Crippen LogP contribution in [-0.2, 0) is 6.54 Å². The largest absolute Gasteiger partial charge is 0.384 e. The molecule has 2 aromatic rings. The van der Waals surface area contributed by atoms with Crippen molar-refractivity contribution in [3.05, 3.63) is 54.0 Å². The molecule has 2 heterocycles. The zero-order chi connectivity index (χ0) is 12.1. The molecule has 0 saturated heterocycles. The summed E-state index contributed by atoms with van der Waals surface area (Å²) < 4.78 is 0. The second-order valence-electron chi connectivity index (χ2n) is 3.51. The molecule has 0 aliphatic carbocycles. The van der Waals surface area contributed by atoms with Crippen LogP contribution in [0.1, 0.15) is 15.9 Å². The number of nitrogens with zero attached hydrogens (tertiary/aromatic N) is 2. The van der Waals surface area contributed by atoms with Gasteiger partial charge in [0.2, 0.25) is 0 Å². The Morgan fingerprint density at radius 1 is 1.35 bits per heavy atom. The molecule has 2 rings (SSSR count). The summed E-state index contributed by atoms with van der Waals surface area (Å²) in [5, 5.41) is 2.78. The summed E-state index contributed by atoms with van der Waals surface area (Å²) in [4.78, 5) is 19.5. The van der Waals surface area contributed by atoms with E-state index in [1.54, 1.807) is 36.7 Å². The third-order valence-corrected chi connectivity index (χ3v) is 2.22. The van der Waals surface area contributed by atoms with Gasteiger partial charge in [0, 0.05) is 25.1 Å². The van der Waals surface area contributed by atoms with E-state index in [1.165, 1.54) is 6.20 Å². The van der Waals surface area contributed by atoms with E-state index >= 15 is 0 Å². The average Bonchev–Trinajstić information content (AvgIpc) is 2.37. The van der Waals surface area contributed by atoms with Crippen LogP contribution in [0.25, 0.3) is 0 Å². The smallest absolute Gasteiger partial charge is 0.253 e. The summed E-state index contributed by atoms with van der Waals surface area (Å²) in [5.74, 6) is 0.284. The van der Waals surface area contributed by atoms with Crippen molar-refractivity contribution in [1.29, 1.82) is 0 Å². The van der Waals surface area contributed by atoms with Gasteiger partial charge >= 0.3 is 0 Å². The number of hydrogen-bond donors (Lipinski definition) is 2. The molecule has 5 heteroatoms. The zero-order valence-corrected chi connectivity index (χ0v) is 9.13. The minimum atomic E-state index is -0.159. The number of hydrogen-bond acceptors (Lipinski definition) is 4. The topological polar surface area (TPSA) is 80.9 Å². The first-order valence-electron chi connectivity index (χ1n) is 5.14. The molecule has 3 N–H and O–H groups in total. The number of anilines is 1. The molecule has 86 valence electrons. The molecule has 17 heavy (non-hydrogen) atoms. The van der Waals surface area contributed by atoms with E-state index in [0.29, 0.717) is 17.9 Å². The third-order valence-electron chi connectivity index (χ3n) is 2.22. The van der Waals surface area contributed by atoms with Gasteiger partial charge in [-0.2, -0.15) is 0 Å². The SMILES string of the molecule is Nc1cc(CNC(=O)c2cccnc2)ccn1. The van der Waals surface area contributed by atoms with Crippen molar-refractivity contribution < 1.29 is 4.79 Å². The lowest BCUT2D eigenvalue weighted by atomic mass is 10.2. The lowest BCUT2D eigenvalue weighted by Gasteiger charge is -2.05. The Bertz CT molecular complexity index is 513. The van der Waals surface area contributed by atoms with Gasteiger partial charge in [0.05, 0.1) is 5.56 Å². The molecule has 1 amide bonds. The molecule has 0 fully saturated rings. The Kier molecular flexibility index (Phi) is 3.30. The highest BCUT2D eigenvalue weighted by molar-refractivity contribution is 5.93. The highest BCUT2D eigenvalue weighted by Gasteiger charge is 2.04. The molecule has 0 radical (unpaired) electrons. The van der Waals surface area contributed by atoms with Crippen LogP contribution in [-0.4, -0.2) is 15.9 Å². The fraction of sp³-hybridized carbons (Fsp3) is 0.0833. The monoisotopic (exact) mass is 228 g/mol. The number of rotatable bonds is 3. The van der Waals surface area contributed by atoms with E-state index in [0.717, 1.165) is 5.56 Å². The van der Waals surface area contributed by atoms with Gasteiger partial charge in [-0.25, -0.2) is 4.98 Å². The van der Waals surface area contributed by atoms with Crippen LogP contribution in [0.5, 0.6) is 0 Å². The predicted molar refractivity (Wildman–Crippen MR) is 64.1 cm³/mol. The molecule has 0 aromatic carbocycles. The van der Waals surface area contributed by atoms with Crippen molar-refractivity contribution in [2.45, 2.75) is 6.54 Å². The highest BCUT2D eigenvalue weighted by Crippen LogP contribution is 2.03. The summed E-state index contributed by atoms with van der Waals surface area (Å²) in [7, 11) is 0. The molecule has 0 spiro atoms. The van der Waals surface area contributed by atoms with E-state index in [1.807, 2.05) is 0 Å². The Labute approximate surface area is 98.7 Å². The lowest BCUT2D eigenvalue weighted by molar-refractivity contribution is 0.0950. The summed E-state index contributed by atoms with van der Waals surface area (Å²) in [6, 6.07) is 6.96. The first-order chi connectivity index (χ1) is 8.25. The number of carbonyl (C=O) groups is 1. The first kappa shape index (κ1) is 11.1. The van der Waals surface area contributed by atoms with Crippen molar-refractivity contribution in [3.8, 4) is 0 Å². The summed E-state index contributed by atoms with van der Waals surface area (Å²) in [6.45, 7) is 0.417. The quantitative estimate of drug-likeness (QED) is 0.820. The van der Waals surface area contributed by atoms with Crippen LogP contribution >= 0.6 is 0 Å². The summed E-state index contributed by atoms with van der Waals surface area (Å²) >= 11 is 0. The fourth-order valence-corrected chi connectivity index (χ4v) is 1.39. The van der Waals surface area contributed by atoms with Gasteiger partial charge in [0.1, 0.15) is 5.82 Å². The molecule has 0 saturated carbocycles. The van der Waals surface area contributed by atoms with Gasteiger partial charge in [-0.1, -0.05) is 0 Å². The second kappa shape index (κ2) is 5.07. The number of carbonyl (C=O) groups excluding carboxylic acids is 1. The van der Waals surface area contributed by atoms with Gasteiger partial charge in [-0.3, -0.25) is 9.78 Å². The number of nitrogen functional groups attached to an aromatic ring is 1. The summed E-state index contributed by atoms with van der Waals surface area (Å²) in [5.41, 5.74) is 6.99. The van der Waals surface area contributed by atoms with Crippen LogP contribution in [0.15, 0.2) is 42.9 Å². The Morgan fingerprint density at radius 2 is 2.24 bits per heavy atom. The summed E-state index contributed by atoms with van der Waals surface area (Å²) in [6.07, 6.45) is 4.76. The number of aromatic nitrogens is 2. The normalized spacial score (nSPS) is 9.88. The number of amides is 1. The molecule has 5 nitrogen and oxygen atoms in total. The molecule has 2 aromatic heterocycles. The second-order valence-corrected chi connectivity index (χ2v) is 3.51. The fourth-order valence-electron chi connectivity index (χ4n) is 1.39. The molecule has 0 bridgehead atoms. The highest BCUT2D eigenvalue weighted by atomic mass is 16.1. The number of nitrogens with two attached hydrogens (primary N) is 1. The Morgan fingerprint density at radius 3 is 2.94 bits per heavy atom. The van der Waals surface area contributed by atoms with E-state index in [4.69, 9.17) is 5.73 Å². The third kappa shape index (κ3) is 3.01. The minimum Gasteiger partial charge on any atom is -0.384 e. The molecular weight excluding hydrogens is 216 g/mol. The van der Waals surface area contributed by atoms with Gasteiger partial charge < -0.3 is 11.1 Å². The van der Waals surface area contributed by atoms with E-state index in [-0.39, 0.29) is 5.91 Å². The van der Waals surface area contributed by atoms with Crippen LogP contribution in [0.3, 0.4) is 0 Å². The van der Waals surface area contributed by atoms with Gasteiger partial charge in [0.25, 0.3) is 5.91 Å². The molecule has 0 aliphatic heterocycles. The first-order valence-corrected chi connectivity index (χ1v) is 5.14. The molecular formula is C12H12N4O. The Balaban J connectivity index is 1.97. The maximum atomic E-state index is 11.7. The van der Waals surface area contributed by atoms with E-state index in [2.05, 4.69) is 15.3 Å². The minimum absolute atomic E-state index is 0.159. The van der Waals surface area contributed by atoms with Crippen molar-refractivity contribution in [1.82, 2.24) is 15.3 Å². The predicted octanol–water partition coefficient (Wildman–Crippen LogP) is 0.989. The maximum Gasteiger partial charge on any atom is 0.253 e. The van der Waals surface area contributed by atoms with Crippen LogP contribution < -0.4 is 11.1 Å². The van der Waals surface area contributed by atoms with Crippen molar-refractivity contribution in [2.24, 2.45) is 0 Å².